The van der Waals surface area contributed by atoms with Gasteiger partial charge in [0.25, 0.3) is 0 Å². The summed E-state index contributed by atoms with van der Waals surface area (Å²) in [5.74, 6) is 1.16. The molecular formula is C22H28N6S. The number of benzene rings is 1. The van der Waals surface area contributed by atoms with Gasteiger partial charge in [0.15, 0.2) is 0 Å². The van der Waals surface area contributed by atoms with Crippen molar-refractivity contribution in [3.63, 3.8) is 0 Å². The van der Waals surface area contributed by atoms with Crippen LogP contribution in [0.2, 0.25) is 0 Å². The Morgan fingerprint density at radius 2 is 1.86 bits per heavy atom. The van der Waals surface area contributed by atoms with Crippen molar-refractivity contribution in [2.75, 3.05) is 50.7 Å². The van der Waals surface area contributed by atoms with Gasteiger partial charge in [-0.25, -0.2) is 0 Å². The van der Waals surface area contributed by atoms with Gasteiger partial charge in [0.2, 0.25) is 0 Å². The molecule has 2 aliphatic heterocycles. The Hall–Kier alpha value is -2.38. The number of nitrogens with zero attached hydrogens (tertiary/aromatic N) is 6. The van der Waals surface area contributed by atoms with Crippen LogP contribution in [0.25, 0.3) is 15.8 Å². The van der Waals surface area contributed by atoms with Gasteiger partial charge in [-0.05, 0) is 30.6 Å². The molecule has 6 nitrogen and oxygen atoms in total. The zero-order valence-electron chi connectivity index (χ0n) is 17.3. The van der Waals surface area contributed by atoms with Crippen LogP contribution < -0.4 is 4.90 Å². The highest BCUT2D eigenvalue weighted by molar-refractivity contribution is 7.13. The Kier molecular flexibility index (Phi) is 4.80. The van der Waals surface area contributed by atoms with Gasteiger partial charge in [-0.1, -0.05) is 18.7 Å². The highest BCUT2D eigenvalue weighted by Gasteiger charge is 2.26. The fourth-order valence-corrected chi connectivity index (χ4v) is 5.49. The van der Waals surface area contributed by atoms with E-state index < -0.39 is 0 Å². The van der Waals surface area contributed by atoms with Gasteiger partial charge < -0.3 is 9.80 Å². The maximum Gasteiger partial charge on any atom is 0.150 e. The summed E-state index contributed by atoms with van der Waals surface area (Å²) in [4.78, 5) is 7.46. The quantitative estimate of drug-likeness (QED) is 0.664. The number of hydrogen-bond acceptors (Lipinski definition) is 6. The molecule has 0 radical (unpaired) electrons. The number of fused-ring (bicyclic) bond motifs is 2. The number of piperazine rings is 1. The number of anilines is 1. The Bertz CT molecular complexity index is 1040. The molecule has 0 atom stereocenters. The van der Waals surface area contributed by atoms with Gasteiger partial charge in [0.1, 0.15) is 5.82 Å². The first-order valence-corrected chi connectivity index (χ1v) is 11.2. The number of aryl methyl sites for hydroxylation is 2. The van der Waals surface area contributed by atoms with E-state index in [0.717, 1.165) is 69.4 Å². The Labute approximate surface area is 176 Å². The summed E-state index contributed by atoms with van der Waals surface area (Å²) < 4.78 is 8.03. The van der Waals surface area contributed by atoms with E-state index in [4.69, 9.17) is 4.37 Å². The first kappa shape index (κ1) is 18.6. The van der Waals surface area contributed by atoms with Gasteiger partial charge in [0, 0.05) is 81.6 Å². The SMILES string of the molecule is C=C1c2c(C)nn(C)c2CCN1CCN1CCN(c2nsc3ccccc23)CC1. The van der Waals surface area contributed by atoms with Crippen molar-refractivity contribution in [1.29, 1.82) is 0 Å². The minimum Gasteiger partial charge on any atom is -0.370 e. The maximum atomic E-state index is 4.73. The summed E-state index contributed by atoms with van der Waals surface area (Å²) in [6.45, 7) is 13.9. The van der Waals surface area contributed by atoms with Crippen LogP contribution >= 0.6 is 11.5 Å². The first-order chi connectivity index (χ1) is 14.1. The van der Waals surface area contributed by atoms with Crippen molar-refractivity contribution in [2.45, 2.75) is 13.3 Å². The smallest absolute Gasteiger partial charge is 0.150 e. The molecular weight excluding hydrogens is 380 g/mol. The topological polar surface area (TPSA) is 40.4 Å². The summed E-state index contributed by atoms with van der Waals surface area (Å²) in [5, 5.41) is 5.88. The molecule has 0 aliphatic carbocycles. The highest BCUT2D eigenvalue weighted by atomic mass is 32.1. The number of rotatable bonds is 4. The van der Waals surface area contributed by atoms with Gasteiger partial charge in [-0.3, -0.25) is 9.58 Å². The van der Waals surface area contributed by atoms with Crippen LogP contribution in [-0.2, 0) is 13.5 Å². The summed E-state index contributed by atoms with van der Waals surface area (Å²) in [7, 11) is 2.04. The predicted molar refractivity (Wildman–Crippen MR) is 121 cm³/mol. The minimum atomic E-state index is 1.03. The van der Waals surface area contributed by atoms with E-state index in [9.17, 15) is 0 Å². The average molecular weight is 409 g/mol. The predicted octanol–water partition coefficient (Wildman–Crippen LogP) is 2.99. The first-order valence-electron chi connectivity index (χ1n) is 10.4. The van der Waals surface area contributed by atoms with Crippen LogP contribution in [0, 0.1) is 6.92 Å². The summed E-state index contributed by atoms with van der Waals surface area (Å²) >= 11 is 1.61. The molecule has 0 spiro atoms. The third-order valence-electron chi connectivity index (χ3n) is 6.35. The number of aromatic nitrogens is 3. The van der Waals surface area contributed by atoms with E-state index in [-0.39, 0.29) is 0 Å². The minimum absolute atomic E-state index is 1.03. The van der Waals surface area contributed by atoms with Gasteiger partial charge in [-0.15, -0.1) is 0 Å². The van der Waals surface area contributed by atoms with Crippen LogP contribution in [0.4, 0.5) is 5.82 Å². The lowest BCUT2D eigenvalue weighted by Crippen LogP contribution is -2.48. The Morgan fingerprint density at radius 1 is 1.07 bits per heavy atom. The molecule has 5 rings (SSSR count). The summed E-state index contributed by atoms with van der Waals surface area (Å²) in [6, 6.07) is 8.55. The zero-order valence-corrected chi connectivity index (χ0v) is 18.1. The van der Waals surface area contributed by atoms with Crippen LogP contribution in [0.3, 0.4) is 0 Å². The third kappa shape index (κ3) is 3.32. The van der Waals surface area contributed by atoms with Crippen LogP contribution in [-0.4, -0.2) is 69.8 Å². The Morgan fingerprint density at radius 3 is 2.69 bits per heavy atom. The molecule has 29 heavy (non-hydrogen) atoms. The molecule has 0 amide bonds. The fraction of sp³-hybridized carbons (Fsp3) is 0.455. The lowest BCUT2D eigenvalue weighted by molar-refractivity contribution is 0.228. The van der Waals surface area contributed by atoms with Crippen molar-refractivity contribution in [1.82, 2.24) is 24.0 Å². The monoisotopic (exact) mass is 408 g/mol. The molecule has 1 fully saturated rings. The molecule has 3 aromatic rings. The maximum absolute atomic E-state index is 4.73. The molecule has 2 aromatic heterocycles. The molecule has 0 unspecified atom stereocenters. The van der Waals surface area contributed by atoms with Crippen molar-refractivity contribution in [3.8, 4) is 0 Å². The van der Waals surface area contributed by atoms with Gasteiger partial charge in [0.05, 0.1) is 10.4 Å². The van der Waals surface area contributed by atoms with E-state index in [1.54, 1.807) is 11.5 Å². The molecule has 0 saturated carbocycles. The average Bonchev–Trinajstić information content (AvgIpc) is 3.29. The van der Waals surface area contributed by atoms with E-state index in [1.165, 1.54) is 21.3 Å². The molecule has 4 heterocycles. The molecule has 1 saturated heterocycles. The van der Waals surface area contributed by atoms with Crippen LogP contribution in [0.15, 0.2) is 30.8 Å². The molecule has 0 bridgehead atoms. The lowest BCUT2D eigenvalue weighted by atomic mass is 10.0. The molecule has 152 valence electrons. The van der Waals surface area contributed by atoms with Gasteiger partial charge >= 0.3 is 0 Å². The fourth-order valence-electron chi connectivity index (χ4n) is 4.69. The summed E-state index contributed by atoms with van der Waals surface area (Å²) in [5.41, 5.74) is 4.83. The molecule has 0 N–H and O–H groups in total. The van der Waals surface area contributed by atoms with E-state index in [2.05, 4.69) is 57.6 Å². The van der Waals surface area contributed by atoms with Crippen molar-refractivity contribution in [2.24, 2.45) is 7.05 Å². The standard InChI is InChI=1S/C22H28N6S/c1-16-21-17(2)27(9-8-19(21)25(3)23-16)13-10-26-11-14-28(15-12-26)22-18-6-4-5-7-20(18)29-24-22/h4-7H,2,8-15H2,1,3H3. The van der Waals surface area contributed by atoms with Gasteiger partial charge in [-0.2, -0.15) is 9.47 Å². The molecule has 1 aromatic carbocycles. The largest absolute Gasteiger partial charge is 0.370 e. The zero-order chi connectivity index (χ0) is 20.0. The van der Waals surface area contributed by atoms with E-state index in [0.29, 0.717) is 0 Å². The second-order valence-electron chi connectivity index (χ2n) is 8.05. The summed E-state index contributed by atoms with van der Waals surface area (Å²) in [6.07, 6.45) is 1.05. The van der Waals surface area contributed by atoms with E-state index in [1.807, 2.05) is 11.7 Å². The van der Waals surface area contributed by atoms with Crippen LogP contribution in [0.1, 0.15) is 17.0 Å². The van der Waals surface area contributed by atoms with Crippen molar-refractivity contribution in [3.05, 3.63) is 47.8 Å². The second-order valence-corrected chi connectivity index (χ2v) is 8.85. The molecule has 2 aliphatic rings. The number of hydrogen-bond donors (Lipinski definition) is 0. The van der Waals surface area contributed by atoms with Crippen molar-refractivity contribution < 1.29 is 0 Å². The van der Waals surface area contributed by atoms with Crippen LogP contribution in [0.5, 0.6) is 0 Å². The molecule has 7 heteroatoms. The third-order valence-corrected chi connectivity index (χ3v) is 7.16. The normalized spacial score (nSPS) is 17.9. The highest BCUT2D eigenvalue weighted by Crippen LogP contribution is 2.31. The van der Waals surface area contributed by atoms with Crippen molar-refractivity contribution >= 4 is 33.1 Å². The lowest BCUT2D eigenvalue weighted by Gasteiger charge is -2.37. The van der Waals surface area contributed by atoms with E-state index >= 15 is 0 Å². The second kappa shape index (κ2) is 7.46. The Balaban J connectivity index is 1.18.